The Bertz CT molecular complexity index is 722. The Morgan fingerprint density at radius 1 is 1.21 bits per heavy atom. The third kappa shape index (κ3) is 5.14. The first kappa shape index (κ1) is 18.1. The maximum absolute atomic E-state index is 12.3. The topological polar surface area (TPSA) is 80.3 Å². The fraction of sp³-hybridized carbons (Fsp3) is 0.235. The summed E-state index contributed by atoms with van der Waals surface area (Å²) >= 11 is 3.37. The van der Waals surface area contributed by atoms with Crippen molar-refractivity contribution in [2.45, 2.75) is 6.42 Å². The number of hydrogen-bond donors (Lipinski definition) is 2. The second kappa shape index (κ2) is 9.14. The molecule has 126 valence electrons. The van der Waals surface area contributed by atoms with Gasteiger partial charge in [0.05, 0.1) is 5.69 Å². The summed E-state index contributed by atoms with van der Waals surface area (Å²) in [6.07, 6.45) is 2.17. The van der Waals surface area contributed by atoms with Crippen LogP contribution in [0.25, 0.3) is 0 Å². The summed E-state index contributed by atoms with van der Waals surface area (Å²) in [6, 6.07) is 10.3. The van der Waals surface area contributed by atoms with Gasteiger partial charge in [-0.1, -0.05) is 12.1 Å². The number of pyridine rings is 1. The molecular formula is C17H18BrN3O3. The van der Waals surface area contributed by atoms with Crippen LogP contribution < -0.4 is 10.6 Å². The molecule has 0 fully saturated rings. The van der Waals surface area contributed by atoms with E-state index in [-0.39, 0.29) is 17.5 Å². The van der Waals surface area contributed by atoms with Crippen LogP contribution in [0.4, 0.5) is 5.69 Å². The highest BCUT2D eigenvalue weighted by Gasteiger charge is 2.12. The first-order chi connectivity index (χ1) is 11.6. The van der Waals surface area contributed by atoms with Gasteiger partial charge in [-0.2, -0.15) is 0 Å². The zero-order valence-electron chi connectivity index (χ0n) is 13.2. The van der Waals surface area contributed by atoms with Crippen molar-refractivity contribution >= 4 is 33.4 Å². The molecule has 0 radical (unpaired) electrons. The van der Waals surface area contributed by atoms with Gasteiger partial charge < -0.3 is 15.4 Å². The second-order valence-corrected chi connectivity index (χ2v) is 5.82. The lowest BCUT2D eigenvalue weighted by atomic mass is 10.2. The Kier molecular flexibility index (Phi) is 6.89. The molecular weight excluding hydrogens is 374 g/mol. The van der Waals surface area contributed by atoms with Crippen molar-refractivity contribution in [1.29, 1.82) is 0 Å². The lowest BCUT2D eigenvalue weighted by molar-refractivity contribution is 0.0948. The number of methoxy groups -OCH3 is 1. The number of amides is 2. The molecule has 24 heavy (non-hydrogen) atoms. The Morgan fingerprint density at radius 3 is 2.75 bits per heavy atom. The van der Waals surface area contributed by atoms with Crippen molar-refractivity contribution in [3.63, 3.8) is 0 Å². The van der Waals surface area contributed by atoms with Gasteiger partial charge in [0, 0.05) is 36.5 Å². The molecule has 2 amide bonds. The fourth-order valence-electron chi connectivity index (χ4n) is 1.97. The van der Waals surface area contributed by atoms with Gasteiger partial charge in [0.15, 0.2) is 0 Å². The third-order valence-corrected chi connectivity index (χ3v) is 3.88. The summed E-state index contributed by atoms with van der Waals surface area (Å²) < 4.78 is 5.70. The van der Waals surface area contributed by atoms with Crippen molar-refractivity contribution in [2.75, 3.05) is 25.6 Å². The first-order valence-electron chi connectivity index (χ1n) is 7.41. The van der Waals surface area contributed by atoms with Crippen molar-refractivity contribution in [1.82, 2.24) is 10.3 Å². The van der Waals surface area contributed by atoms with E-state index in [9.17, 15) is 9.59 Å². The standard InChI is InChI=1S/C17H18BrN3O3/c1-24-10-4-8-20-16(22)12-7-9-19-15(11-12)17(23)21-14-6-3-2-5-13(14)18/h2-3,5-7,9,11H,4,8,10H2,1H3,(H,20,22)(H,21,23). The van der Waals surface area contributed by atoms with E-state index < -0.39 is 0 Å². The highest BCUT2D eigenvalue weighted by molar-refractivity contribution is 9.10. The average Bonchev–Trinajstić information content (AvgIpc) is 2.60. The van der Waals surface area contributed by atoms with Gasteiger partial charge in [-0.25, -0.2) is 0 Å². The molecule has 6 nitrogen and oxygen atoms in total. The lowest BCUT2D eigenvalue weighted by Crippen LogP contribution is -2.25. The predicted octanol–water partition coefficient (Wildman–Crippen LogP) is 2.86. The molecule has 0 aliphatic carbocycles. The van der Waals surface area contributed by atoms with Crippen LogP contribution in [0.5, 0.6) is 0 Å². The number of carbonyl (C=O) groups excluding carboxylic acids is 2. The number of rotatable bonds is 7. The zero-order chi connectivity index (χ0) is 17.4. The molecule has 0 unspecified atom stereocenters. The average molecular weight is 392 g/mol. The molecule has 0 aliphatic rings. The number of para-hydroxylation sites is 1. The Hall–Kier alpha value is -2.25. The summed E-state index contributed by atoms with van der Waals surface area (Å²) in [6.45, 7) is 1.09. The monoisotopic (exact) mass is 391 g/mol. The van der Waals surface area contributed by atoms with E-state index >= 15 is 0 Å². The van der Waals surface area contributed by atoms with Crippen LogP contribution in [0.15, 0.2) is 47.1 Å². The number of nitrogens with one attached hydrogen (secondary N) is 2. The maximum Gasteiger partial charge on any atom is 0.274 e. The number of carbonyl (C=O) groups is 2. The summed E-state index contributed by atoms with van der Waals surface area (Å²) in [5, 5.41) is 5.53. The van der Waals surface area contributed by atoms with Crippen LogP contribution in [-0.4, -0.2) is 37.1 Å². The molecule has 0 spiro atoms. The summed E-state index contributed by atoms with van der Waals surface area (Å²) in [4.78, 5) is 28.4. The largest absolute Gasteiger partial charge is 0.385 e. The molecule has 1 aromatic heterocycles. The minimum atomic E-state index is -0.379. The highest BCUT2D eigenvalue weighted by Crippen LogP contribution is 2.21. The molecule has 0 bridgehead atoms. The van der Waals surface area contributed by atoms with Gasteiger partial charge >= 0.3 is 0 Å². The van der Waals surface area contributed by atoms with E-state index in [2.05, 4.69) is 31.5 Å². The van der Waals surface area contributed by atoms with Crippen molar-refractivity contribution in [3.05, 3.63) is 58.3 Å². The van der Waals surface area contributed by atoms with Crippen molar-refractivity contribution < 1.29 is 14.3 Å². The number of nitrogens with zero attached hydrogens (tertiary/aromatic N) is 1. The zero-order valence-corrected chi connectivity index (χ0v) is 14.8. The SMILES string of the molecule is COCCCNC(=O)c1ccnc(C(=O)Nc2ccccc2Br)c1. The van der Waals surface area contributed by atoms with Crippen molar-refractivity contribution in [2.24, 2.45) is 0 Å². The van der Waals surface area contributed by atoms with E-state index in [1.807, 2.05) is 18.2 Å². The molecule has 0 atom stereocenters. The van der Waals surface area contributed by atoms with E-state index in [0.717, 1.165) is 10.9 Å². The molecule has 1 aromatic carbocycles. The van der Waals surface area contributed by atoms with Crippen molar-refractivity contribution in [3.8, 4) is 0 Å². The summed E-state index contributed by atoms with van der Waals surface area (Å²) in [7, 11) is 1.61. The van der Waals surface area contributed by atoms with Crippen LogP contribution in [0.2, 0.25) is 0 Å². The summed E-state index contributed by atoms with van der Waals surface area (Å²) in [5.41, 5.74) is 1.20. The Labute approximate surface area is 148 Å². The van der Waals surface area contributed by atoms with Gasteiger partial charge in [-0.3, -0.25) is 14.6 Å². The molecule has 7 heteroatoms. The van der Waals surface area contributed by atoms with Gasteiger partial charge in [-0.15, -0.1) is 0 Å². The first-order valence-corrected chi connectivity index (χ1v) is 8.20. The highest BCUT2D eigenvalue weighted by atomic mass is 79.9. The third-order valence-electron chi connectivity index (χ3n) is 3.19. The molecule has 2 N–H and O–H groups in total. The minimum absolute atomic E-state index is 0.176. The smallest absolute Gasteiger partial charge is 0.274 e. The molecule has 0 saturated carbocycles. The summed E-state index contributed by atoms with van der Waals surface area (Å²) in [5.74, 6) is -0.626. The number of hydrogen-bond acceptors (Lipinski definition) is 4. The normalized spacial score (nSPS) is 10.2. The Morgan fingerprint density at radius 2 is 2.00 bits per heavy atom. The number of benzene rings is 1. The quantitative estimate of drug-likeness (QED) is 0.711. The van der Waals surface area contributed by atoms with Crippen LogP contribution in [0.3, 0.4) is 0 Å². The molecule has 0 saturated heterocycles. The number of anilines is 1. The number of aromatic nitrogens is 1. The Balaban J connectivity index is 2.02. The molecule has 1 heterocycles. The molecule has 2 rings (SSSR count). The number of halogens is 1. The predicted molar refractivity (Wildman–Crippen MR) is 95.2 cm³/mol. The van der Waals surface area contributed by atoms with Crippen LogP contribution in [0, 0.1) is 0 Å². The van der Waals surface area contributed by atoms with E-state index in [0.29, 0.717) is 24.4 Å². The molecule has 2 aromatic rings. The minimum Gasteiger partial charge on any atom is -0.385 e. The maximum atomic E-state index is 12.3. The van der Waals surface area contributed by atoms with E-state index in [1.165, 1.54) is 12.3 Å². The van der Waals surface area contributed by atoms with Gasteiger partial charge in [0.25, 0.3) is 11.8 Å². The fourth-order valence-corrected chi connectivity index (χ4v) is 2.35. The second-order valence-electron chi connectivity index (χ2n) is 4.97. The van der Waals surface area contributed by atoms with Crippen LogP contribution >= 0.6 is 15.9 Å². The molecule has 0 aliphatic heterocycles. The van der Waals surface area contributed by atoms with Gasteiger partial charge in [0.1, 0.15) is 5.69 Å². The van der Waals surface area contributed by atoms with E-state index in [4.69, 9.17) is 4.74 Å². The lowest BCUT2D eigenvalue weighted by Gasteiger charge is -2.08. The van der Waals surface area contributed by atoms with Gasteiger partial charge in [0.2, 0.25) is 0 Å². The number of ether oxygens (including phenoxy) is 1. The van der Waals surface area contributed by atoms with E-state index in [1.54, 1.807) is 19.2 Å². The van der Waals surface area contributed by atoms with Gasteiger partial charge in [-0.05, 0) is 46.6 Å². The van der Waals surface area contributed by atoms with Crippen LogP contribution in [0.1, 0.15) is 27.3 Å². The van der Waals surface area contributed by atoms with Crippen LogP contribution in [-0.2, 0) is 4.74 Å².